The lowest BCUT2D eigenvalue weighted by Crippen LogP contribution is -2.40. The van der Waals surface area contributed by atoms with E-state index in [-0.39, 0.29) is 5.92 Å². The Morgan fingerprint density at radius 3 is 2.47 bits per heavy atom. The summed E-state index contributed by atoms with van der Waals surface area (Å²) in [6, 6.07) is 0. The van der Waals surface area contributed by atoms with E-state index in [9.17, 15) is 9.90 Å². The number of likely N-dealkylation sites (tertiary alicyclic amines) is 1. The molecule has 0 spiro atoms. The van der Waals surface area contributed by atoms with E-state index >= 15 is 0 Å². The Morgan fingerprint density at radius 1 is 1.24 bits per heavy atom. The summed E-state index contributed by atoms with van der Waals surface area (Å²) < 4.78 is 0. The number of aliphatic carboxylic acids is 1. The Kier molecular flexibility index (Phi) is 5.16. The van der Waals surface area contributed by atoms with E-state index in [1.807, 2.05) is 11.8 Å². The first-order valence-electron chi connectivity index (χ1n) is 6.80. The summed E-state index contributed by atoms with van der Waals surface area (Å²) in [7, 11) is 0. The quantitative estimate of drug-likeness (QED) is 0.839. The molecule has 0 bridgehead atoms. The molecular formula is C13H23NO2S. The number of carbonyl (C=O) groups is 1. The zero-order chi connectivity index (χ0) is 12.1. The number of piperidine rings is 1. The first kappa shape index (κ1) is 13.2. The van der Waals surface area contributed by atoms with E-state index in [2.05, 4.69) is 4.90 Å². The van der Waals surface area contributed by atoms with E-state index in [4.69, 9.17) is 0 Å². The topological polar surface area (TPSA) is 40.5 Å². The molecule has 2 aliphatic rings. The van der Waals surface area contributed by atoms with Crippen molar-refractivity contribution in [1.82, 2.24) is 4.90 Å². The van der Waals surface area contributed by atoms with Crippen LogP contribution in [0.15, 0.2) is 0 Å². The van der Waals surface area contributed by atoms with Gasteiger partial charge in [-0.05, 0) is 56.2 Å². The summed E-state index contributed by atoms with van der Waals surface area (Å²) in [5.41, 5.74) is 0. The molecule has 98 valence electrons. The Labute approximate surface area is 108 Å². The van der Waals surface area contributed by atoms with Gasteiger partial charge in [0, 0.05) is 6.54 Å². The van der Waals surface area contributed by atoms with Crippen LogP contribution in [0.5, 0.6) is 0 Å². The lowest BCUT2D eigenvalue weighted by atomic mass is 9.86. The molecule has 2 aliphatic heterocycles. The number of carboxylic acids is 1. The highest BCUT2D eigenvalue weighted by Gasteiger charge is 2.31. The summed E-state index contributed by atoms with van der Waals surface area (Å²) in [4.78, 5) is 13.8. The van der Waals surface area contributed by atoms with Crippen LogP contribution in [0, 0.1) is 11.8 Å². The van der Waals surface area contributed by atoms with Crippen LogP contribution in [0.3, 0.4) is 0 Å². The molecule has 3 nitrogen and oxygen atoms in total. The third-order valence-electron chi connectivity index (χ3n) is 4.06. The Morgan fingerprint density at radius 2 is 1.88 bits per heavy atom. The summed E-state index contributed by atoms with van der Waals surface area (Å²) in [5, 5.41) is 9.42. The predicted molar refractivity (Wildman–Crippen MR) is 71.5 cm³/mol. The van der Waals surface area contributed by atoms with Gasteiger partial charge < -0.3 is 10.0 Å². The van der Waals surface area contributed by atoms with Gasteiger partial charge in [-0.1, -0.05) is 6.42 Å². The zero-order valence-corrected chi connectivity index (χ0v) is 11.3. The van der Waals surface area contributed by atoms with Crippen LogP contribution >= 0.6 is 11.8 Å². The van der Waals surface area contributed by atoms with Gasteiger partial charge in [0.05, 0.1) is 5.92 Å². The second kappa shape index (κ2) is 6.64. The maximum atomic E-state index is 11.4. The highest BCUT2D eigenvalue weighted by molar-refractivity contribution is 7.99. The van der Waals surface area contributed by atoms with E-state index in [0.29, 0.717) is 5.92 Å². The normalized spacial score (nSPS) is 25.6. The Hall–Kier alpha value is -0.220. The molecule has 2 heterocycles. The molecule has 0 radical (unpaired) electrons. The SMILES string of the molecule is O=C(O)C(CN1CCCCC1)C1CCSCC1. The third kappa shape index (κ3) is 3.88. The summed E-state index contributed by atoms with van der Waals surface area (Å²) in [6.45, 7) is 2.99. The average Bonchev–Trinajstić information content (AvgIpc) is 2.38. The van der Waals surface area contributed by atoms with Crippen molar-refractivity contribution in [3.8, 4) is 0 Å². The molecule has 0 aliphatic carbocycles. The molecule has 1 unspecified atom stereocenters. The molecule has 0 saturated carbocycles. The van der Waals surface area contributed by atoms with E-state index < -0.39 is 5.97 Å². The number of hydrogen-bond acceptors (Lipinski definition) is 3. The standard InChI is InChI=1S/C13H23NO2S/c15-13(16)12(11-4-8-17-9-5-11)10-14-6-2-1-3-7-14/h11-12H,1-10H2,(H,15,16). The molecule has 2 saturated heterocycles. The van der Waals surface area contributed by atoms with Gasteiger partial charge >= 0.3 is 5.97 Å². The summed E-state index contributed by atoms with van der Waals surface area (Å²) in [6.07, 6.45) is 5.99. The van der Waals surface area contributed by atoms with Crippen LogP contribution in [0.4, 0.5) is 0 Å². The van der Waals surface area contributed by atoms with E-state index in [1.54, 1.807) is 0 Å². The molecule has 17 heavy (non-hydrogen) atoms. The molecule has 1 atom stereocenters. The van der Waals surface area contributed by atoms with Gasteiger partial charge in [-0.25, -0.2) is 0 Å². The minimum atomic E-state index is -0.576. The number of hydrogen-bond donors (Lipinski definition) is 1. The van der Waals surface area contributed by atoms with Gasteiger partial charge in [-0.2, -0.15) is 11.8 Å². The average molecular weight is 257 g/mol. The third-order valence-corrected chi connectivity index (χ3v) is 5.10. The molecule has 0 aromatic rings. The van der Waals surface area contributed by atoms with Crippen LogP contribution in [-0.4, -0.2) is 47.1 Å². The van der Waals surface area contributed by atoms with Crippen LogP contribution in [0.1, 0.15) is 32.1 Å². The summed E-state index contributed by atoms with van der Waals surface area (Å²) in [5.74, 6) is 2.00. The smallest absolute Gasteiger partial charge is 0.308 e. The molecular weight excluding hydrogens is 234 g/mol. The zero-order valence-electron chi connectivity index (χ0n) is 10.4. The molecule has 0 aromatic carbocycles. The van der Waals surface area contributed by atoms with Crippen molar-refractivity contribution in [3.63, 3.8) is 0 Å². The Balaban J connectivity index is 1.88. The van der Waals surface area contributed by atoms with Crippen molar-refractivity contribution in [3.05, 3.63) is 0 Å². The fourth-order valence-electron chi connectivity index (χ4n) is 2.97. The van der Waals surface area contributed by atoms with Gasteiger partial charge in [0.2, 0.25) is 0 Å². The second-order valence-corrected chi connectivity index (χ2v) is 6.48. The highest BCUT2D eigenvalue weighted by atomic mass is 32.2. The predicted octanol–water partition coefficient (Wildman–Crippen LogP) is 2.32. The van der Waals surface area contributed by atoms with E-state index in [1.165, 1.54) is 19.3 Å². The van der Waals surface area contributed by atoms with Crippen LogP contribution in [-0.2, 0) is 4.79 Å². The van der Waals surface area contributed by atoms with Crippen LogP contribution in [0.25, 0.3) is 0 Å². The molecule has 1 N–H and O–H groups in total. The van der Waals surface area contributed by atoms with Gasteiger partial charge in [0.1, 0.15) is 0 Å². The molecule has 2 rings (SSSR count). The molecule has 2 fully saturated rings. The number of rotatable bonds is 4. The van der Waals surface area contributed by atoms with Crippen LogP contribution in [0.2, 0.25) is 0 Å². The highest BCUT2D eigenvalue weighted by Crippen LogP contribution is 2.30. The minimum Gasteiger partial charge on any atom is -0.481 e. The van der Waals surface area contributed by atoms with Crippen LogP contribution < -0.4 is 0 Å². The monoisotopic (exact) mass is 257 g/mol. The first-order chi connectivity index (χ1) is 8.27. The van der Waals surface area contributed by atoms with Gasteiger partial charge in [0.25, 0.3) is 0 Å². The Bertz CT molecular complexity index is 248. The molecule has 0 aromatic heterocycles. The van der Waals surface area contributed by atoms with Crippen molar-refractivity contribution in [2.75, 3.05) is 31.1 Å². The van der Waals surface area contributed by atoms with Crippen molar-refractivity contribution < 1.29 is 9.90 Å². The maximum absolute atomic E-state index is 11.4. The fourth-order valence-corrected chi connectivity index (χ4v) is 4.11. The van der Waals surface area contributed by atoms with Gasteiger partial charge in [0.15, 0.2) is 0 Å². The van der Waals surface area contributed by atoms with Crippen molar-refractivity contribution >= 4 is 17.7 Å². The largest absolute Gasteiger partial charge is 0.481 e. The molecule has 4 heteroatoms. The van der Waals surface area contributed by atoms with Crippen molar-refractivity contribution in [2.24, 2.45) is 11.8 Å². The number of thioether (sulfide) groups is 1. The number of carboxylic acid groups (broad SMARTS) is 1. The molecule has 0 amide bonds. The van der Waals surface area contributed by atoms with Crippen molar-refractivity contribution in [1.29, 1.82) is 0 Å². The lowest BCUT2D eigenvalue weighted by molar-refractivity contribution is -0.144. The van der Waals surface area contributed by atoms with E-state index in [0.717, 1.165) is 44.0 Å². The first-order valence-corrected chi connectivity index (χ1v) is 7.96. The lowest BCUT2D eigenvalue weighted by Gasteiger charge is -2.33. The van der Waals surface area contributed by atoms with Gasteiger partial charge in [-0.15, -0.1) is 0 Å². The second-order valence-electron chi connectivity index (χ2n) is 5.26. The summed E-state index contributed by atoms with van der Waals surface area (Å²) >= 11 is 1.97. The van der Waals surface area contributed by atoms with Gasteiger partial charge in [-0.3, -0.25) is 4.79 Å². The maximum Gasteiger partial charge on any atom is 0.308 e. The minimum absolute atomic E-state index is 0.131. The number of nitrogens with zero attached hydrogens (tertiary/aromatic N) is 1. The van der Waals surface area contributed by atoms with Crippen molar-refractivity contribution in [2.45, 2.75) is 32.1 Å². The fraction of sp³-hybridized carbons (Fsp3) is 0.923.